The quantitative estimate of drug-likeness (QED) is 0.497. The standard InChI is InChI=1S/C25H23N3O3/c1-17-13-14-22(31-3)18(15-17)16-27(2)25(30)23-20-11-7-8-12-21(20)24(29)28(26-23)19-9-5-4-6-10-19/h4-15H,16H2,1-3H3. The van der Waals surface area contributed by atoms with Crippen LogP contribution in [-0.2, 0) is 6.54 Å². The molecule has 6 nitrogen and oxygen atoms in total. The van der Waals surface area contributed by atoms with Gasteiger partial charge in [0, 0.05) is 24.5 Å². The van der Waals surface area contributed by atoms with E-state index in [9.17, 15) is 9.59 Å². The molecule has 0 aliphatic heterocycles. The van der Waals surface area contributed by atoms with Gasteiger partial charge in [-0.3, -0.25) is 9.59 Å². The van der Waals surface area contributed by atoms with E-state index in [0.29, 0.717) is 23.0 Å². The van der Waals surface area contributed by atoms with Gasteiger partial charge in [0.25, 0.3) is 11.5 Å². The third-order valence-electron chi connectivity index (χ3n) is 5.20. The first kappa shape index (κ1) is 20.3. The number of benzene rings is 3. The summed E-state index contributed by atoms with van der Waals surface area (Å²) in [5.41, 5.74) is 2.56. The molecule has 0 N–H and O–H groups in total. The van der Waals surface area contributed by atoms with Crippen LogP contribution in [0.1, 0.15) is 21.6 Å². The lowest BCUT2D eigenvalue weighted by atomic mass is 10.1. The van der Waals surface area contributed by atoms with Gasteiger partial charge in [0.2, 0.25) is 0 Å². The molecule has 0 radical (unpaired) electrons. The Bertz CT molecular complexity index is 1310. The Morgan fingerprint density at radius 2 is 1.68 bits per heavy atom. The highest BCUT2D eigenvalue weighted by atomic mass is 16.5. The van der Waals surface area contributed by atoms with Gasteiger partial charge in [-0.2, -0.15) is 9.78 Å². The number of rotatable bonds is 5. The second-order valence-corrected chi connectivity index (χ2v) is 7.42. The number of carbonyl (C=O) groups is 1. The highest BCUT2D eigenvalue weighted by Gasteiger charge is 2.21. The Morgan fingerprint density at radius 3 is 2.39 bits per heavy atom. The highest BCUT2D eigenvalue weighted by Crippen LogP contribution is 2.23. The molecule has 0 aliphatic rings. The average molecular weight is 413 g/mol. The van der Waals surface area contributed by atoms with Crippen molar-refractivity contribution in [1.29, 1.82) is 0 Å². The van der Waals surface area contributed by atoms with Crippen LogP contribution in [0, 0.1) is 6.92 Å². The maximum Gasteiger partial charge on any atom is 0.279 e. The number of aromatic nitrogens is 2. The molecule has 4 rings (SSSR count). The topological polar surface area (TPSA) is 64.4 Å². The third-order valence-corrected chi connectivity index (χ3v) is 5.20. The first-order valence-electron chi connectivity index (χ1n) is 9.96. The van der Waals surface area contributed by atoms with Crippen molar-refractivity contribution in [1.82, 2.24) is 14.7 Å². The van der Waals surface area contributed by atoms with E-state index in [1.54, 1.807) is 55.5 Å². The Morgan fingerprint density at radius 1 is 1.00 bits per heavy atom. The van der Waals surface area contributed by atoms with Gasteiger partial charge in [0.15, 0.2) is 5.69 Å². The second kappa shape index (κ2) is 8.44. The lowest BCUT2D eigenvalue weighted by Gasteiger charge is -2.20. The van der Waals surface area contributed by atoms with Crippen molar-refractivity contribution >= 4 is 16.7 Å². The minimum atomic E-state index is -0.274. The molecule has 1 aromatic heterocycles. The van der Waals surface area contributed by atoms with E-state index in [1.165, 1.54) is 4.68 Å². The van der Waals surface area contributed by atoms with Crippen LogP contribution in [0.4, 0.5) is 0 Å². The monoisotopic (exact) mass is 413 g/mol. The molecule has 0 saturated heterocycles. The zero-order chi connectivity index (χ0) is 22.0. The minimum absolute atomic E-state index is 0.230. The van der Waals surface area contributed by atoms with Crippen LogP contribution in [0.2, 0.25) is 0 Å². The number of hydrogen-bond donors (Lipinski definition) is 0. The number of para-hydroxylation sites is 1. The van der Waals surface area contributed by atoms with E-state index in [1.807, 2.05) is 43.3 Å². The van der Waals surface area contributed by atoms with Crippen LogP contribution in [0.5, 0.6) is 5.75 Å². The molecule has 0 fully saturated rings. The highest BCUT2D eigenvalue weighted by molar-refractivity contribution is 6.04. The van der Waals surface area contributed by atoms with Crippen LogP contribution >= 0.6 is 0 Å². The zero-order valence-electron chi connectivity index (χ0n) is 17.7. The molecule has 3 aromatic carbocycles. The Balaban J connectivity index is 1.80. The Hall–Kier alpha value is -3.93. The first-order chi connectivity index (χ1) is 15.0. The Labute approximate surface area is 180 Å². The maximum absolute atomic E-state index is 13.4. The van der Waals surface area contributed by atoms with Crippen molar-refractivity contribution in [2.75, 3.05) is 14.2 Å². The summed E-state index contributed by atoms with van der Waals surface area (Å²) in [6.45, 7) is 2.35. The van der Waals surface area contributed by atoms with Crippen LogP contribution in [0.25, 0.3) is 16.5 Å². The van der Waals surface area contributed by atoms with Gasteiger partial charge in [-0.05, 0) is 31.2 Å². The average Bonchev–Trinajstić information content (AvgIpc) is 2.80. The molecular weight excluding hydrogens is 390 g/mol. The van der Waals surface area contributed by atoms with Crippen molar-refractivity contribution in [3.63, 3.8) is 0 Å². The molecule has 0 atom stereocenters. The molecule has 0 spiro atoms. The fraction of sp³-hybridized carbons (Fsp3) is 0.160. The van der Waals surface area contributed by atoms with E-state index in [-0.39, 0.29) is 17.2 Å². The second-order valence-electron chi connectivity index (χ2n) is 7.42. The van der Waals surface area contributed by atoms with E-state index in [4.69, 9.17) is 4.74 Å². The molecule has 156 valence electrons. The van der Waals surface area contributed by atoms with Gasteiger partial charge in [-0.15, -0.1) is 0 Å². The largest absolute Gasteiger partial charge is 0.496 e. The molecule has 0 aliphatic carbocycles. The minimum Gasteiger partial charge on any atom is -0.496 e. The molecule has 0 bridgehead atoms. The predicted octanol–water partition coefficient (Wildman–Crippen LogP) is 3.97. The van der Waals surface area contributed by atoms with Crippen LogP contribution in [-0.4, -0.2) is 34.7 Å². The normalized spacial score (nSPS) is 10.8. The number of methoxy groups -OCH3 is 1. The van der Waals surface area contributed by atoms with Gasteiger partial charge in [0.1, 0.15) is 5.75 Å². The third kappa shape index (κ3) is 3.92. The van der Waals surface area contributed by atoms with Crippen LogP contribution < -0.4 is 10.3 Å². The summed E-state index contributed by atoms with van der Waals surface area (Å²) in [4.78, 5) is 28.1. The smallest absolute Gasteiger partial charge is 0.279 e. The fourth-order valence-electron chi connectivity index (χ4n) is 3.63. The summed E-state index contributed by atoms with van der Waals surface area (Å²) in [6, 6.07) is 22.0. The summed E-state index contributed by atoms with van der Waals surface area (Å²) in [5.74, 6) is 0.446. The van der Waals surface area contributed by atoms with Gasteiger partial charge in [-0.1, -0.05) is 54.1 Å². The molecule has 1 heterocycles. The number of nitrogens with zero attached hydrogens (tertiary/aromatic N) is 3. The first-order valence-corrected chi connectivity index (χ1v) is 9.96. The summed E-state index contributed by atoms with van der Waals surface area (Å²) in [6.07, 6.45) is 0. The summed E-state index contributed by atoms with van der Waals surface area (Å²) < 4.78 is 6.74. The molecule has 1 amide bonds. The molecule has 0 unspecified atom stereocenters. The van der Waals surface area contributed by atoms with E-state index in [2.05, 4.69) is 5.10 Å². The van der Waals surface area contributed by atoms with E-state index in [0.717, 1.165) is 16.9 Å². The van der Waals surface area contributed by atoms with Crippen molar-refractivity contribution in [3.05, 3.63) is 100.0 Å². The molecule has 31 heavy (non-hydrogen) atoms. The number of fused-ring (bicyclic) bond motifs is 1. The fourth-order valence-corrected chi connectivity index (χ4v) is 3.63. The molecular formula is C25H23N3O3. The van der Waals surface area contributed by atoms with Crippen LogP contribution in [0.15, 0.2) is 77.6 Å². The number of hydrogen-bond acceptors (Lipinski definition) is 4. The SMILES string of the molecule is COc1ccc(C)cc1CN(C)C(=O)c1nn(-c2ccccc2)c(=O)c2ccccc12. The molecule has 6 heteroatoms. The zero-order valence-corrected chi connectivity index (χ0v) is 17.7. The Kier molecular flexibility index (Phi) is 5.54. The van der Waals surface area contributed by atoms with E-state index < -0.39 is 0 Å². The lowest BCUT2D eigenvalue weighted by Crippen LogP contribution is -2.31. The summed E-state index contributed by atoms with van der Waals surface area (Å²) >= 11 is 0. The van der Waals surface area contributed by atoms with Crippen molar-refractivity contribution in [3.8, 4) is 11.4 Å². The van der Waals surface area contributed by atoms with Gasteiger partial charge in [0.05, 0.1) is 18.2 Å². The maximum atomic E-state index is 13.4. The number of aryl methyl sites for hydroxylation is 1. The molecule has 4 aromatic rings. The molecule has 0 saturated carbocycles. The van der Waals surface area contributed by atoms with Gasteiger partial charge >= 0.3 is 0 Å². The van der Waals surface area contributed by atoms with E-state index >= 15 is 0 Å². The predicted molar refractivity (Wildman–Crippen MR) is 121 cm³/mol. The van der Waals surface area contributed by atoms with Crippen molar-refractivity contribution in [2.45, 2.75) is 13.5 Å². The van der Waals surface area contributed by atoms with Crippen LogP contribution in [0.3, 0.4) is 0 Å². The lowest BCUT2D eigenvalue weighted by molar-refractivity contribution is 0.0778. The number of carbonyl (C=O) groups excluding carboxylic acids is 1. The van der Waals surface area contributed by atoms with Crippen molar-refractivity contribution < 1.29 is 9.53 Å². The summed E-state index contributed by atoms with van der Waals surface area (Å²) in [7, 11) is 3.33. The van der Waals surface area contributed by atoms with Gasteiger partial charge in [-0.25, -0.2) is 0 Å². The van der Waals surface area contributed by atoms with Gasteiger partial charge < -0.3 is 9.64 Å². The number of ether oxygens (including phenoxy) is 1. The number of amides is 1. The summed E-state index contributed by atoms with van der Waals surface area (Å²) in [5, 5.41) is 5.46. The van der Waals surface area contributed by atoms with Crippen molar-refractivity contribution in [2.24, 2.45) is 0 Å².